The molecule has 116 valence electrons. The molecule has 3 nitrogen and oxygen atoms in total. The highest BCUT2D eigenvalue weighted by Gasteiger charge is 2.21. The molecular weight excluding hydrogens is 282 g/mol. The molecule has 1 N–H and O–H groups in total. The molecule has 0 atom stereocenters. The molecule has 0 spiro atoms. The van der Waals surface area contributed by atoms with Crippen LogP contribution in [0.15, 0.2) is 18.2 Å². The maximum absolute atomic E-state index is 11.5. The Morgan fingerprint density at radius 3 is 2.67 bits per heavy atom. The fourth-order valence-corrected chi connectivity index (χ4v) is 2.92. The first-order valence-electron chi connectivity index (χ1n) is 7.69. The van der Waals surface area contributed by atoms with E-state index in [0.717, 1.165) is 30.4 Å². The number of amides is 1. The van der Waals surface area contributed by atoms with Gasteiger partial charge in [0.25, 0.3) is 0 Å². The number of ether oxygens (including phenoxy) is 1. The van der Waals surface area contributed by atoms with Crippen LogP contribution < -0.4 is 10.1 Å². The third kappa shape index (κ3) is 6.89. The smallest absolute Gasteiger partial charge is 0.230 e. The Morgan fingerprint density at radius 1 is 1.29 bits per heavy atom. The van der Waals surface area contributed by atoms with E-state index >= 15 is 0 Å². The normalized spacial score (nSPS) is 14.0. The van der Waals surface area contributed by atoms with Gasteiger partial charge in [-0.2, -0.15) is 11.8 Å². The van der Waals surface area contributed by atoms with Crippen LogP contribution in [0.1, 0.15) is 30.4 Å². The number of aryl methyl sites for hydroxylation is 2. The summed E-state index contributed by atoms with van der Waals surface area (Å²) in [6, 6.07) is 6.26. The van der Waals surface area contributed by atoms with E-state index in [4.69, 9.17) is 4.74 Å². The van der Waals surface area contributed by atoms with Crippen LogP contribution in [-0.4, -0.2) is 30.6 Å². The molecule has 0 aromatic heterocycles. The Morgan fingerprint density at radius 2 is 2.00 bits per heavy atom. The Hall–Kier alpha value is -1.16. The van der Waals surface area contributed by atoms with Gasteiger partial charge in [-0.15, -0.1) is 0 Å². The maximum atomic E-state index is 11.5. The summed E-state index contributed by atoms with van der Waals surface area (Å²) >= 11 is 1.68. The van der Waals surface area contributed by atoms with Gasteiger partial charge in [0.1, 0.15) is 5.75 Å². The molecule has 0 radical (unpaired) electrons. The van der Waals surface area contributed by atoms with Gasteiger partial charge in [-0.25, -0.2) is 0 Å². The highest BCUT2D eigenvalue weighted by molar-refractivity contribution is 7.99. The number of hydrogen-bond acceptors (Lipinski definition) is 3. The second-order valence-corrected chi connectivity index (χ2v) is 6.93. The van der Waals surface area contributed by atoms with Crippen LogP contribution in [0.25, 0.3) is 0 Å². The van der Waals surface area contributed by atoms with Gasteiger partial charge >= 0.3 is 0 Å². The third-order valence-corrected chi connectivity index (χ3v) is 4.46. The Balaban J connectivity index is 1.50. The average Bonchev–Trinajstić information content (AvgIpc) is 3.23. The lowest BCUT2D eigenvalue weighted by Crippen LogP contribution is -2.27. The van der Waals surface area contributed by atoms with Gasteiger partial charge in [-0.1, -0.05) is 6.07 Å². The predicted molar refractivity (Wildman–Crippen MR) is 89.1 cm³/mol. The molecule has 1 aromatic rings. The summed E-state index contributed by atoms with van der Waals surface area (Å²) in [6.45, 7) is 5.74. The molecule has 1 aromatic carbocycles. The van der Waals surface area contributed by atoms with Crippen LogP contribution >= 0.6 is 11.8 Å². The van der Waals surface area contributed by atoms with Crippen molar-refractivity contribution in [3.05, 3.63) is 29.3 Å². The van der Waals surface area contributed by atoms with Gasteiger partial charge in [0.15, 0.2) is 0 Å². The van der Waals surface area contributed by atoms with Gasteiger partial charge in [0.05, 0.1) is 12.4 Å². The fraction of sp³-hybridized carbons (Fsp3) is 0.588. The van der Waals surface area contributed by atoms with Crippen molar-refractivity contribution in [1.82, 2.24) is 5.32 Å². The van der Waals surface area contributed by atoms with Crippen molar-refractivity contribution in [1.29, 1.82) is 0 Å². The van der Waals surface area contributed by atoms with E-state index < -0.39 is 0 Å². The van der Waals surface area contributed by atoms with Crippen LogP contribution in [-0.2, 0) is 4.79 Å². The molecule has 0 aliphatic heterocycles. The van der Waals surface area contributed by atoms with Crippen molar-refractivity contribution in [3.63, 3.8) is 0 Å². The van der Waals surface area contributed by atoms with Crippen molar-refractivity contribution in [2.45, 2.75) is 33.1 Å². The minimum absolute atomic E-state index is 0.169. The molecule has 21 heavy (non-hydrogen) atoms. The standard InChI is InChI=1S/C17H25NO2S/c1-13-8-14(2)10-16(9-13)20-6-3-7-21-12-17(19)18-11-15-4-5-15/h8-10,15H,3-7,11-12H2,1-2H3,(H,18,19). The Labute approximate surface area is 131 Å². The maximum Gasteiger partial charge on any atom is 0.230 e. The van der Waals surface area contributed by atoms with E-state index in [2.05, 4.69) is 37.4 Å². The first-order valence-corrected chi connectivity index (χ1v) is 8.84. The highest BCUT2D eigenvalue weighted by Crippen LogP contribution is 2.27. The number of hydrogen-bond donors (Lipinski definition) is 1. The zero-order valence-electron chi connectivity index (χ0n) is 13.0. The summed E-state index contributed by atoms with van der Waals surface area (Å²) in [4.78, 5) is 11.5. The monoisotopic (exact) mass is 307 g/mol. The molecule has 1 aliphatic rings. The SMILES string of the molecule is Cc1cc(C)cc(OCCCSCC(=O)NCC2CC2)c1. The summed E-state index contributed by atoms with van der Waals surface area (Å²) in [5.74, 6) is 3.39. The van der Waals surface area contributed by atoms with Crippen molar-refractivity contribution in [2.24, 2.45) is 5.92 Å². The van der Waals surface area contributed by atoms with E-state index in [1.54, 1.807) is 11.8 Å². The summed E-state index contributed by atoms with van der Waals surface area (Å²) in [6.07, 6.45) is 3.53. The van der Waals surface area contributed by atoms with Crippen molar-refractivity contribution in [2.75, 3.05) is 24.7 Å². The van der Waals surface area contributed by atoms with Crippen LogP contribution in [0.5, 0.6) is 5.75 Å². The van der Waals surface area contributed by atoms with Gasteiger partial charge in [0, 0.05) is 6.54 Å². The van der Waals surface area contributed by atoms with E-state index in [0.29, 0.717) is 12.4 Å². The summed E-state index contributed by atoms with van der Waals surface area (Å²) in [5, 5.41) is 2.98. The van der Waals surface area contributed by atoms with E-state index in [9.17, 15) is 4.79 Å². The number of nitrogens with one attached hydrogen (secondary N) is 1. The topological polar surface area (TPSA) is 38.3 Å². The van der Waals surface area contributed by atoms with E-state index in [1.165, 1.54) is 24.0 Å². The summed E-state index contributed by atoms with van der Waals surface area (Å²) in [7, 11) is 0. The Bertz CT molecular complexity index is 452. The van der Waals surface area contributed by atoms with Crippen molar-refractivity contribution < 1.29 is 9.53 Å². The van der Waals surface area contributed by atoms with Crippen LogP contribution in [0.2, 0.25) is 0 Å². The molecule has 1 fully saturated rings. The lowest BCUT2D eigenvalue weighted by molar-refractivity contribution is -0.118. The van der Waals surface area contributed by atoms with Gasteiger partial charge in [0.2, 0.25) is 5.91 Å². The highest BCUT2D eigenvalue weighted by atomic mass is 32.2. The van der Waals surface area contributed by atoms with E-state index in [-0.39, 0.29) is 5.91 Å². The lowest BCUT2D eigenvalue weighted by atomic mass is 10.1. The molecule has 1 amide bonds. The second-order valence-electron chi connectivity index (χ2n) is 5.83. The number of benzene rings is 1. The molecule has 4 heteroatoms. The Kier molecular flexibility index (Phi) is 6.43. The predicted octanol–water partition coefficient (Wildman–Crippen LogP) is 3.33. The second kappa shape index (κ2) is 8.32. The molecule has 0 saturated heterocycles. The van der Waals surface area contributed by atoms with Crippen molar-refractivity contribution in [3.8, 4) is 5.75 Å². The van der Waals surface area contributed by atoms with E-state index in [1.807, 2.05) is 0 Å². The van der Waals surface area contributed by atoms with Gasteiger partial charge < -0.3 is 10.1 Å². The number of thioether (sulfide) groups is 1. The largest absolute Gasteiger partial charge is 0.494 e. The summed E-state index contributed by atoms with van der Waals surface area (Å²) in [5.41, 5.74) is 2.46. The zero-order chi connectivity index (χ0) is 15.1. The molecular formula is C17H25NO2S. The molecule has 0 unspecified atom stereocenters. The number of rotatable bonds is 9. The van der Waals surface area contributed by atoms with Gasteiger partial charge in [-0.05, 0) is 68.0 Å². The number of carbonyl (C=O) groups is 1. The third-order valence-electron chi connectivity index (χ3n) is 3.41. The molecule has 0 heterocycles. The van der Waals surface area contributed by atoms with Crippen LogP contribution in [0, 0.1) is 19.8 Å². The summed E-state index contributed by atoms with van der Waals surface area (Å²) < 4.78 is 5.75. The van der Waals surface area contributed by atoms with Crippen molar-refractivity contribution >= 4 is 17.7 Å². The molecule has 0 bridgehead atoms. The first kappa shape index (κ1) is 16.2. The minimum atomic E-state index is 0.169. The molecule has 2 rings (SSSR count). The van der Waals surface area contributed by atoms with Crippen LogP contribution in [0.3, 0.4) is 0 Å². The molecule has 1 saturated carbocycles. The quantitative estimate of drug-likeness (QED) is 0.711. The molecule has 1 aliphatic carbocycles. The minimum Gasteiger partial charge on any atom is -0.494 e. The number of carbonyl (C=O) groups excluding carboxylic acids is 1. The van der Waals surface area contributed by atoms with Gasteiger partial charge in [-0.3, -0.25) is 4.79 Å². The average molecular weight is 307 g/mol. The fourth-order valence-electron chi connectivity index (χ4n) is 2.16. The first-order chi connectivity index (χ1) is 10.1. The zero-order valence-corrected chi connectivity index (χ0v) is 13.8. The lowest BCUT2D eigenvalue weighted by Gasteiger charge is -2.08. The van der Waals surface area contributed by atoms with Crippen LogP contribution in [0.4, 0.5) is 0 Å².